The van der Waals surface area contributed by atoms with Gasteiger partial charge in [0.05, 0.1) is 0 Å². The number of phenolic OH excluding ortho intramolecular Hbond substituents is 1. The number of aromatic hydroxyl groups is 1. The Bertz CT molecular complexity index is 343. The Kier molecular flexibility index (Phi) is 2.65. The molecule has 0 aromatic heterocycles. The highest BCUT2D eigenvalue weighted by atomic mass is 19.1. The average molecular weight is 179 g/mol. The summed E-state index contributed by atoms with van der Waals surface area (Å²) >= 11 is 0. The summed E-state index contributed by atoms with van der Waals surface area (Å²) in [6.45, 7) is 1.49. The van der Waals surface area contributed by atoms with Crippen molar-refractivity contribution in [3.05, 3.63) is 28.4 Å². The molecule has 0 amide bonds. The molecule has 1 rings (SSSR count). The number of hydrogen-bond acceptors (Lipinski definition) is 3. The molecule has 1 atom stereocenters. The Labute approximate surface area is 76.0 Å². The molecule has 1 aromatic rings. The van der Waals surface area contributed by atoms with Gasteiger partial charge in [-0.2, -0.15) is 4.91 Å². The van der Waals surface area contributed by atoms with Crippen LogP contribution in [0.3, 0.4) is 0 Å². The number of nitroso groups, excluding NO2 is 1. The Hall–Kier alpha value is -1.39. The maximum atomic E-state index is 12.7. The van der Waals surface area contributed by atoms with Crippen molar-refractivity contribution in [3.8, 4) is 5.75 Å². The van der Waals surface area contributed by atoms with Gasteiger partial charge in [0.15, 0.2) is 0 Å². The van der Waals surface area contributed by atoms with E-state index in [4.69, 9.17) is 7.85 Å². The molecule has 1 unspecified atom stereocenters. The first-order valence-electron chi connectivity index (χ1n) is 3.66. The van der Waals surface area contributed by atoms with Crippen molar-refractivity contribution in [2.24, 2.45) is 5.18 Å². The highest BCUT2D eigenvalue weighted by molar-refractivity contribution is 6.32. The van der Waals surface area contributed by atoms with Crippen LogP contribution < -0.4 is 5.46 Å². The lowest BCUT2D eigenvalue weighted by Gasteiger charge is -2.07. The molecule has 0 saturated carbocycles. The fourth-order valence-corrected chi connectivity index (χ4v) is 0.989. The molecule has 5 heteroatoms. The first kappa shape index (κ1) is 9.70. The molecule has 0 saturated heterocycles. The zero-order chi connectivity index (χ0) is 10.0. The Morgan fingerprint density at radius 2 is 2.23 bits per heavy atom. The molecule has 13 heavy (non-hydrogen) atoms. The summed E-state index contributed by atoms with van der Waals surface area (Å²) in [5, 5.41) is 11.9. The molecule has 3 nitrogen and oxygen atoms in total. The van der Waals surface area contributed by atoms with E-state index in [-0.39, 0.29) is 16.8 Å². The second-order valence-corrected chi connectivity index (χ2v) is 2.71. The lowest BCUT2D eigenvalue weighted by molar-refractivity contribution is 0.458. The summed E-state index contributed by atoms with van der Waals surface area (Å²) in [6.07, 6.45) is 0. The van der Waals surface area contributed by atoms with Crippen LogP contribution in [0.1, 0.15) is 18.5 Å². The van der Waals surface area contributed by atoms with Crippen LogP contribution in [-0.4, -0.2) is 13.0 Å². The van der Waals surface area contributed by atoms with E-state index in [1.807, 2.05) is 0 Å². The number of nitrogens with zero attached hydrogens (tertiary/aromatic N) is 1. The van der Waals surface area contributed by atoms with Gasteiger partial charge in [-0.15, -0.1) is 0 Å². The van der Waals surface area contributed by atoms with Crippen molar-refractivity contribution in [1.82, 2.24) is 0 Å². The molecular weight excluding hydrogens is 172 g/mol. The standard InChI is InChI=1S/C8H7BFNO2/c1-4(11-13)5-2-6(9)7(10)3-8(5)12/h2-4,12H,1H3. The molecule has 1 N–H and O–H groups in total. The van der Waals surface area contributed by atoms with E-state index < -0.39 is 11.9 Å². The summed E-state index contributed by atoms with van der Waals surface area (Å²) < 4.78 is 12.7. The zero-order valence-corrected chi connectivity index (χ0v) is 6.99. The predicted molar refractivity (Wildman–Crippen MR) is 47.7 cm³/mol. The van der Waals surface area contributed by atoms with E-state index in [0.717, 1.165) is 6.07 Å². The Morgan fingerprint density at radius 3 is 2.77 bits per heavy atom. The van der Waals surface area contributed by atoms with Gasteiger partial charge in [-0.1, -0.05) is 16.7 Å². The van der Waals surface area contributed by atoms with Crippen LogP contribution in [0.4, 0.5) is 4.39 Å². The van der Waals surface area contributed by atoms with Crippen LogP contribution in [0.2, 0.25) is 0 Å². The molecule has 0 spiro atoms. The molecule has 2 radical (unpaired) electrons. The van der Waals surface area contributed by atoms with Crippen LogP contribution >= 0.6 is 0 Å². The van der Waals surface area contributed by atoms with Gasteiger partial charge in [0.2, 0.25) is 0 Å². The number of hydrogen-bond donors (Lipinski definition) is 1. The van der Waals surface area contributed by atoms with Crippen LogP contribution in [0.25, 0.3) is 0 Å². The van der Waals surface area contributed by atoms with Crippen molar-refractivity contribution in [2.75, 3.05) is 0 Å². The minimum absolute atomic E-state index is 0.108. The van der Waals surface area contributed by atoms with Crippen LogP contribution in [-0.2, 0) is 0 Å². The fourth-order valence-electron chi connectivity index (χ4n) is 0.989. The number of benzene rings is 1. The van der Waals surface area contributed by atoms with Crippen molar-refractivity contribution < 1.29 is 9.50 Å². The van der Waals surface area contributed by atoms with E-state index in [1.165, 1.54) is 13.0 Å². The molecule has 66 valence electrons. The van der Waals surface area contributed by atoms with Gasteiger partial charge in [-0.3, -0.25) is 0 Å². The van der Waals surface area contributed by atoms with Crippen LogP contribution in [0.5, 0.6) is 5.75 Å². The summed E-state index contributed by atoms with van der Waals surface area (Å²) in [7, 11) is 5.25. The normalized spacial score (nSPS) is 12.5. The third kappa shape index (κ3) is 1.85. The fraction of sp³-hybridized carbons (Fsp3) is 0.250. The van der Waals surface area contributed by atoms with Crippen molar-refractivity contribution in [3.63, 3.8) is 0 Å². The lowest BCUT2D eigenvalue weighted by atomic mass is 9.91. The minimum atomic E-state index is -0.733. The van der Waals surface area contributed by atoms with Crippen LogP contribution in [0.15, 0.2) is 17.3 Å². The smallest absolute Gasteiger partial charge is 0.123 e. The number of phenols is 1. The topological polar surface area (TPSA) is 49.7 Å². The number of rotatable bonds is 2. The van der Waals surface area contributed by atoms with Crippen molar-refractivity contribution in [1.29, 1.82) is 0 Å². The van der Waals surface area contributed by atoms with E-state index in [2.05, 4.69) is 5.18 Å². The first-order valence-corrected chi connectivity index (χ1v) is 3.66. The summed E-state index contributed by atoms with van der Waals surface area (Å²) in [5.74, 6) is -1.02. The average Bonchev–Trinajstić information content (AvgIpc) is 2.10. The third-order valence-electron chi connectivity index (χ3n) is 1.75. The van der Waals surface area contributed by atoms with Gasteiger partial charge in [0, 0.05) is 11.6 Å². The van der Waals surface area contributed by atoms with Gasteiger partial charge in [0.25, 0.3) is 0 Å². The quantitative estimate of drug-likeness (QED) is 0.546. The third-order valence-corrected chi connectivity index (χ3v) is 1.75. The van der Waals surface area contributed by atoms with Crippen molar-refractivity contribution >= 4 is 13.3 Å². The van der Waals surface area contributed by atoms with E-state index in [0.29, 0.717) is 0 Å². The molecule has 0 aliphatic carbocycles. The van der Waals surface area contributed by atoms with E-state index in [9.17, 15) is 14.4 Å². The van der Waals surface area contributed by atoms with Crippen molar-refractivity contribution in [2.45, 2.75) is 13.0 Å². The van der Waals surface area contributed by atoms with Gasteiger partial charge in [-0.05, 0) is 6.92 Å². The van der Waals surface area contributed by atoms with E-state index >= 15 is 0 Å². The minimum Gasteiger partial charge on any atom is -0.507 e. The molecule has 0 aliphatic heterocycles. The predicted octanol–water partition coefficient (Wildman–Crippen LogP) is 1.15. The monoisotopic (exact) mass is 179 g/mol. The second kappa shape index (κ2) is 3.55. The summed E-state index contributed by atoms with van der Waals surface area (Å²) in [5.41, 5.74) is 0.122. The van der Waals surface area contributed by atoms with Gasteiger partial charge in [0.1, 0.15) is 25.5 Å². The second-order valence-electron chi connectivity index (χ2n) is 2.71. The zero-order valence-electron chi connectivity index (χ0n) is 6.99. The molecule has 0 heterocycles. The van der Waals surface area contributed by atoms with Crippen LogP contribution in [0, 0.1) is 10.7 Å². The summed E-state index contributed by atoms with van der Waals surface area (Å²) in [4.78, 5) is 10.2. The van der Waals surface area contributed by atoms with E-state index in [1.54, 1.807) is 0 Å². The maximum absolute atomic E-state index is 12.7. The summed E-state index contributed by atoms with van der Waals surface area (Å²) in [6, 6.07) is 1.34. The highest BCUT2D eigenvalue weighted by Gasteiger charge is 2.12. The SMILES string of the molecule is [B]c1cc(C(C)N=O)c(O)cc1F. The highest BCUT2D eigenvalue weighted by Crippen LogP contribution is 2.25. The Balaban J connectivity index is 3.22. The first-order chi connectivity index (χ1) is 6.06. The largest absolute Gasteiger partial charge is 0.507 e. The Morgan fingerprint density at radius 1 is 1.62 bits per heavy atom. The molecule has 0 bridgehead atoms. The molecule has 0 aliphatic rings. The van der Waals surface area contributed by atoms with Gasteiger partial charge in [-0.25, -0.2) is 4.39 Å². The molecular formula is C8H7BFNO2. The number of halogens is 1. The molecule has 0 fully saturated rings. The lowest BCUT2D eigenvalue weighted by Crippen LogP contribution is -2.10. The van der Waals surface area contributed by atoms with Gasteiger partial charge >= 0.3 is 0 Å². The van der Waals surface area contributed by atoms with Gasteiger partial charge < -0.3 is 5.11 Å². The molecule has 1 aromatic carbocycles. The maximum Gasteiger partial charge on any atom is 0.123 e.